The van der Waals surface area contributed by atoms with Crippen molar-refractivity contribution in [1.29, 1.82) is 0 Å². The molecular weight excluding hydrogens is 236 g/mol. The first kappa shape index (κ1) is 13.8. The lowest BCUT2D eigenvalue weighted by Crippen LogP contribution is -2.55. The first-order valence-electron chi connectivity index (χ1n) is 8.31. The number of hydrogen-bond donors (Lipinski definition) is 1. The largest absolute Gasteiger partial charge is 0.315 e. The van der Waals surface area contributed by atoms with Crippen molar-refractivity contribution in [3.8, 4) is 0 Å². The Kier molecular flexibility index (Phi) is 5.10. The summed E-state index contributed by atoms with van der Waals surface area (Å²) in [5.74, 6) is 0. The summed E-state index contributed by atoms with van der Waals surface area (Å²) in [7, 11) is 0. The van der Waals surface area contributed by atoms with Gasteiger partial charge in [-0.3, -0.25) is 9.80 Å². The van der Waals surface area contributed by atoms with E-state index >= 15 is 0 Å². The third-order valence-electron chi connectivity index (χ3n) is 5.09. The highest BCUT2D eigenvalue weighted by Crippen LogP contribution is 2.20. The van der Waals surface area contributed by atoms with Crippen molar-refractivity contribution >= 4 is 0 Å². The molecule has 19 heavy (non-hydrogen) atoms. The lowest BCUT2D eigenvalue weighted by Gasteiger charge is -2.44. The number of rotatable bonds is 3. The van der Waals surface area contributed by atoms with Gasteiger partial charge in [0, 0.05) is 51.9 Å². The number of piperidine rings is 1. The van der Waals surface area contributed by atoms with Crippen LogP contribution in [0.1, 0.15) is 25.7 Å². The van der Waals surface area contributed by atoms with Gasteiger partial charge >= 0.3 is 0 Å². The van der Waals surface area contributed by atoms with Gasteiger partial charge in [-0.05, 0) is 38.9 Å². The number of nitrogens with one attached hydrogen (secondary N) is 1. The van der Waals surface area contributed by atoms with Crippen molar-refractivity contribution in [3.05, 3.63) is 0 Å². The van der Waals surface area contributed by atoms with Gasteiger partial charge in [0.25, 0.3) is 0 Å². The fourth-order valence-electron chi connectivity index (χ4n) is 3.83. The van der Waals surface area contributed by atoms with E-state index in [0.29, 0.717) is 0 Å². The Bertz CT molecular complexity index is 263. The number of fused-ring (bicyclic) bond motifs is 1. The Morgan fingerprint density at radius 1 is 0.789 bits per heavy atom. The Balaban J connectivity index is 1.40. The second-order valence-corrected chi connectivity index (χ2v) is 6.43. The highest BCUT2D eigenvalue weighted by molar-refractivity contribution is 4.85. The van der Waals surface area contributed by atoms with Gasteiger partial charge in [0.2, 0.25) is 0 Å². The molecule has 4 nitrogen and oxygen atoms in total. The molecule has 3 rings (SSSR count). The zero-order valence-electron chi connectivity index (χ0n) is 12.3. The minimum atomic E-state index is 0.869. The fraction of sp³-hybridized carbons (Fsp3) is 1.00. The summed E-state index contributed by atoms with van der Waals surface area (Å²) in [5.41, 5.74) is 0. The van der Waals surface area contributed by atoms with E-state index in [1.54, 1.807) is 0 Å². The number of piperazine rings is 1. The van der Waals surface area contributed by atoms with Gasteiger partial charge in [0.05, 0.1) is 0 Å². The zero-order chi connectivity index (χ0) is 12.9. The molecule has 3 heterocycles. The van der Waals surface area contributed by atoms with Crippen LogP contribution in [0.4, 0.5) is 0 Å². The molecule has 3 fully saturated rings. The molecule has 0 aromatic heterocycles. The highest BCUT2D eigenvalue weighted by atomic mass is 15.3. The van der Waals surface area contributed by atoms with Crippen molar-refractivity contribution < 1.29 is 0 Å². The molecule has 3 saturated heterocycles. The molecule has 1 unspecified atom stereocenters. The predicted molar refractivity (Wildman–Crippen MR) is 79.6 cm³/mol. The van der Waals surface area contributed by atoms with Gasteiger partial charge in [-0.2, -0.15) is 0 Å². The molecule has 3 aliphatic rings. The third-order valence-corrected chi connectivity index (χ3v) is 5.09. The number of nitrogens with zero attached hydrogens (tertiary/aromatic N) is 3. The van der Waals surface area contributed by atoms with Crippen LogP contribution in [-0.2, 0) is 0 Å². The second kappa shape index (κ2) is 7.02. The average molecular weight is 266 g/mol. The van der Waals surface area contributed by atoms with Crippen LogP contribution in [0.25, 0.3) is 0 Å². The van der Waals surface area contributed by atoms with Crippen LogP contribution < -0.4 is 5.32 Å². The second-order valence-electron chi connectivity index (χ2n) is 6.43. The third kappa shape index (κ3) is 3.91. The minimum absolute atomic E-state index is 0.869. The van der Waals surface area contributed by atoms with Crippen LogP contribution in [0.15, 0.2) is 0 Å². The summed E-state index contributed by atoms with van der Waals surface area (Å²) in [4.78, 5) is 8.09. The van der Waals surface area contributed by atoms with Crippen molar-refractivity contribution in [3.63, 3.8) is 0 Å². The van der Waals surface area contributed by atoms with E-state index in [1.807, 2.05) is 0 Å². The van der Waals surface area contributed by atoms with Crippen LogP contribution in [0.3, 0.4) is 0 Å². The molecule has 0 aromatic carbocycles. The highest BCUT2D eigenvalue weighted by Gasteiger charge is 2.28. The zero-order valence-corrected chi connectivity index (χ0v) is 12.3. The molecule has 3 aliphatic heterocycles. The molecule has 0 spiro atoms. The molecule has 1 N–H and O–H groups in total. The summed E-state index contributed by atoms with van der Waals surface area (Å²) in [6.07, 6.45) is 5.63. The average Bonchev–Trinajstić information content (AvgIpc) is 2.73. The summed E-state index contributed by atoms with van der Waals surface area (Å²) in [5, 5.41) is 3.49. The summed E-state index contributed by atoms with van der Waals surface area (Å²) < 4.78 is 0. The van der Waals surface area contributed by atoms with Gasteiger partial charge < -0.3 is 10.2 Å². The SMILES string of the molecule is C1CCN2CCN(CCN3CCCNCC3)CC2C1. The van der Waals surface area contributed by atoms with E-state index < -0.39 is 0 Å². The maximum atomic E-state index is 3.49. The molecule has 0 aliphatic carbocycles. The van der Waals surface area contributed by atoms with Crippen LogP contribution in [-0.4, -0.2) is 86.2 Å². The molecule has 110 valence electrons. The molecule has 0 radical (unpaired) electrons. The minimum Gasteiger partial charge on any atom is -0.315 e. The van der Waals surface area contributed by atoms with E-state index in [0.717, 1.165) is 6.04 Å². The molecule has 1 atom stereocenters. The van der Waals surface area contributed by atoms with E-state index in [9.17, 15) is 0 Å². The maximum Gasteiger partial charge on any atom is 0.0223 e. The topological polar surface area (TPSA) is 21.8 Å². The smallest absolute Gasteiger partial charge is 0.0223 e. The Labute approximate surface area is 118 Å². The Hall–Kier alpha value is -0.160. The first-order valence-corrected chi connectivity index (χ1v) is 8.31. The van der Waals surface area contributed by atoms with Crippen LogP contribution >= 0.6 is 0 Å². The molecule has 0 amide bonds. The lowest BCUT2D eigenvalue weighted by atomic mass is 9.99. The van der Waals surface area contributed by atoms with Gasteiger partial charge in [0.15, 0.2) is 0 Å². The predicted octanol–water partition coefficient (Wildman–Crippen LogP) is 0.452. The maximum absolute atomic E-state index is 3.49. The van der Waals surface area contributed by atoms with Crippen molar-refractivity contribution in [2.24, 2.45) is 0 Å². The first-order chi connectivity index (χ1) is 9.42. The van der Waals surface area contributed by atoms with Crippen LogP contribution in [0, 0.1) is 0 Å². The summed E-state index contributed by atoms with van der Waals surface area (Å²) in [6, 6.07) is 0.869. The van der Waals surface area contributed by atoms with E-state index in [2.05, 4.69) is 20.0 Å². The summed E-state index contributed by atoms with van der Waals surface area (Å²) >= 11 is 0. The quantitative estimate of drug-likeness (QED) is 0.801. The van der Waals surface area contributed by atoms with E-state index in [4.69, 9.17) is 0 Å². The van der Waals surface area contributed by atoms with E-state index in [-0.39, 0.29) is 0 Å². The summed E-state index contributed by atoms with van der Waals surface area (Å²) in [6.45, 7) is 12.8. The monoisotopic (exact) mass is 266 g/mol. The molecule has 4 heteroatoms. The van der Waals surface area contributed by atoms with Crippen LogP contribution in [0.5, 0.6) is 0 Å². The fourth-order valence-corrected chi connectivity index (χ4v) is 3.83. The lowest BCUT2D eigenvalue weighted by molar-refractivity contribution is 0.0447. The standard InChI is InChI=1S/C15H30N4/c1-2-8-19-13-12-18(14-15(19)4-1)11-10-17-7-3-5-16-6-9-17/h15-16H,1-14H2. The Morgan fingerprint density at radius 2 is 1.74 bits per heavy atom. The van der Waals surface area contributed by atoms with Gasteiger partial charge in [-0.25, -0.2) is 0 Å². The Morgan fingerprint density at radius 3 is 2.74 bits per heavy atom. The molecule has 0 aromatic rings. The van der Waals surface area contributed by atoms with Gasteiger partial charge in [0.1, 0.15) is 0 Å². The molecule has 0 bridgehead atoms. The molecule has 0 saturated carbocycles. The molecular formula is C15H30N4. The normalized spacial score (nSPS) is 31.9. The number of hydrogen-bond acceptors (Lipinski definition) is 4. The van der Waals surface area contributed by atoms with E-state index in [1.165, 1.54) is 91.1 Å². The van der Waals surface area contributed by atoms with Crippen molar-refractivity contribution in [2.45, 2.75) is 31.7 Å². The van der Waals surface area contributed by atoms with Gasteiger partial charge in [-0.1, -0.05) is 6.42 Å². The van der Waals surface area contributed by atoms with Crippen molar-refractivity contribution in [1.82, 2.24) is 20.0 Å². The van der Waals surface area contributed by atoms with Crippen molar-refractivity contribution in [2.75, 3.05) is 65.4 Å². The van der Waals surface area contributed by atoms with Gasteiger partial charge in [-0.15, -0.1) is 0 Å². The van der Waals surface area contributed by atoms with Crippen LogP contribution in [0.2, 0.25) is 0 Å².